The van der Waals surface area contributed by atoms with Crippen LogP contribution in [0.1, 0.15) is 10.5 Å². The Morgan fingerprint density at radius 1 is 1.21 bits per heavy atom. The number of rotatable bonds is 2. The topological polar surface area (TPSA) is 93.1 Å². The van der Waals surface area contributed by atoms with Crippen LogP contribution in [0, 0.1) is 11.7 Å². The number of pyridine rings is 1. The van der Waals surface area contributed by atoms with Gasteiger partial charge < -0.3 is 9.57 Å². The van der Waals surface area contributed by atoms with Crippen molar-refractivity contribution >= 4 is 34.6 Å². The molecule has 0 saturated carbocycles. The van der Waals surface area contributed by atoms with Gasteiger partial charge >= 0.3 is 12.0 Å². The molecule has 2 unspecified atom stereocenters. The Kier molecular flexibility index (Phi) is 5.72. The molecule has 8 nitrogen and oxygen atoms in total. The van der Waals surface area contributed by atoms with Crippen molar-refractivity contribution in [2.24, 2.45) is 10.9 Å². The zero-order valence-electron chi connectivity index (χ0n) is 15.2. The first kappa shape index (κ1) is 19.3. The first-order valence-corrected chi connectivity index (χ1v) is 9.87. The zero-order chi connectivity index (χ0) is 20.2. The van der Waals surface area contributed by atoms with Crippen molar-refractivity contribution in [1.29, 1.82) is 0 Å². The number of amides is 2. The molecule has 150 valence electrons. The molecule has 29 heavy (non-hydrogen) atoms. The van der Waals surface area contributed by atoms with E-state index in [-0.39, 0.29) is 6.04 Å². The number of ether oxygens (including phenoxy) is 1. The van der Waals surface area contributed by atoms with Crippen molar-refractivity contribution in [3.05, 3.63) is 60.2 Å². The summed E-state index contributed by atoms with van der Waals surface area (Å²) in [5.41, 5.74) is 2.01. The largest absolute Gasteiger partial charge is 0.444 e. The zero-order valence-corrected chi connectivity index (χ0v) is 16.0. The van der Waals surface area contributed by atoms with E-state index in [9.17, 15) is 14.0 Å². The lowest BCUT2D eigenvalue weighted by Crippen LogP contribution is -2.43. The SMILES string of the molecule is O=C(NOC(=O)N(C1=NC2COCC2CS1)c1ccccc1)c1ncccc1F. The molecule has 1 fully saturated rings. The molecule has 2 atom stereocenters. The normalized spacial score (nSPS) is 20.4. The quantitative estimate of drug-likeness (QED) is 0.757. The number of hydroxylamine groups is 1. The van der Waals surface area contributed by atoms with Gasteiger partial charge in [-0.2, -0.15) is 5.48 Å². The summed E-state index contributed by atoms with van der Waals surface area (Å²) in [5, 5.41) is 0.450. The van der Waals surface area contributed by atoms with Gasteiger partial charge in [0.2, 0.25) is 0 Å². The van der Waals surface area contributed by atoms with Gasteiger partial charge in [-0.1, -0.05) is 30.0 Å². The van der Waals surface area contributed by atoms with E-state index in [1.54, 1.807) is 24.3 Å². The van der Waals surface area contributed by atoms with E-state index < -0.39 is 23.5 Å². The number of carbonyl (C=O) groups excluding carboxylic acids is 2. The summed E-state index contributed by atoms with van der Waals surface area (Å²) in [7, 11) is 0. The molecule has 2 aromatic rings. The third kappa shape index (κ3) is 4.22. The number of halogens is 1. The molecule has 2 amide bonds. The van der Waals surface area contributed by atoms with E-state index in [0.717, 1.165) is 11.8 Å². The maximum absolute atomic E-state index is 13.7. The molecule has 1 saturated heterocycles. The smallest absolute Gasteiger partial charge is 0.379 e. The van der Waals surface area contributed by atoms with Crippen LogP contribution in [0.2, 0.25) is 0 Å². The minimum absolute atomic E-state index is 0.0255. The second-order valence-electron chi connectivity index (χ2n) is 6.39. The fraction of sp³-hybridized carbons (Fsp3) is 0.263. The highest BCUT2D eigenvalue weighted by molar-refractivity contribution is 8.14. The number of benzene rings is 1. The lowest BCUT2D eigenvalue weighted by molar-refractivity contribution is 0.0594. The molecule has 0 bridgehead atoms. The Bertz CT molecular complexity index is 943. The molecule has 10 heteroatoms. The maximum Gasteiger partial charge on any atom is 0.444 e. The average molecular weight is 416 g/mol. The molecular weight excluding hydrogens is 399 g/mol. The Morgan fingerprint density at radius 2 is 2.03 bits per heavy atom. The number of hydrogen-bond donors (Lipinski definition) is 1. The number of fused-ring (bicyclic) bond motifs is 1. The summed E-state index contributed by atoms with van der Waals surface area (Å²) in [6.07, 6.45) is 0.397. The molecular formula is C19H17FN4O4S. The van der Waals surface area contributed by atoms with E-state index in [0.29, 0.717) is 30.0 Å². The number of para-hydroxylation sites is 1. The van der Waals surface area contributed by atoms with E-state index in [2.05, 4.69) is 9.98 Å². The van der Waals surface area contributed by atoms with Crippen LogP contribution in [-0.4, -0.2) is 47.2 Å². The third-order valence-electron chi connectivity index (χ3n) is 4.46. The number of nitrogens with one attached hydrogen (secondary N) is 1. The lowest BCUT2D eigenvalue weighted by Gasteiger charge is -2.28. The lowest BCUT2D eigenvalue weighted by atomic mass is 10.1. The van der Waals surface area contributed by atoms with Crippen LogP contribution < -0.4 is 10.4 Å². The van der Waals surface area contributed by atoms with Gasteiger partial charge in [-0.3, -0.25) is 9.79 Å². The predicted molar refractivity (Wildman–Crippen MR) is 105 cm³/mol. The van der Waals surface area contributed by atoms with Crippen LogP contribution >= 0.6 is 11.8 Å². The first-order valence-electron chi connectivity index (χ1n) is 8.88. The van der Waals surface area contributed by atoms with Gasteiger partial charge in [-0.15, -0.1) is 0 Å². The number of nitrogens with zero attached hydrogens (tertiary/aromatic N) is 3. The van der Waals surface area contributed by atoms with Crippen LogP contribution in [0.5, 0.6) is 0 Å². The number of aliphatic imine (C=N–C) groups is 1. The van der Waals surface area contributed by atoms with Crippen LogP contribution in [0.15, 0.2) is 53.7 Å². The summed E-state index contributed by atoms with van der Waals surface area (Å²) in [5.74, 6) is -0.720. The average Bonchev–Trinajstić information content (AvgIpc) is 3.21. The van der Waals surface area contributed by atoms with Gasteiger partial charge in [-0.05, 0) is 24.3 Å². The van der Waals surface area contributed by atoms with E-state index >= 15 is 0 Å². The Morgan fingerprint density at radius 3 is 2.83 bits per heavy atom. The second-order valence-corrected chi connectivity index (χ2v) is 7.38. The van der Waals surface area contributed by atoms with Crippen molar-refractivity contribution in [3.8, 4) is 0 Å². The van der Waals surface area contributed by atoms with Crippen molar-refractivity contribution in [3.63, 3.8) is 0 Å². The number of carbonyl (C=O) groups is 2. The van der Waals surface area contributed by atoms with Crippen LogP contribution in [0.4, 0.5) is 14.9 Å². The fourth-order valence-corrected chi connectivity index (χ4v) is 4.18. The van der Waals surface area contributed by atoms with E-state index in [1.807, 2.05) is 11.5 Å². The summed E-state index contributed by atoms with van der Waals surface area (Å²) >= 11 is 1.41. The molecule has 3 heterocycles. The van der Waals surface area contributed by atoms with Crippen molar-refractivity contribution in [2.45, 2.75) is 6.04 Å². The molecule has 2 aliphatic heterocycles. The highest BCUT2D eigenvalue weighted by atomic mass is 32.2. The fourth-order valence-electron chi connectivity index (χ4n) is 2.98. The number of thioether (sulfide) groups is 1. The van der Waals surface area contributed by atoms with Crippen molar-refractivity contribution in [1.82, 2.24) is 10.5 Å². The molecule has 0 spiro atoms. The Labute approximate surface area is 170 Å². The van der Waals surface area contributed by atoms with Gasteiger partial charge in [-0.25, -0.2) is 19.1 Å². The summed E-state index contributed by atoms with van der Waals surface area (Å²) in [6.45, 7) is 1.15. The molecule has 0 aliphatic carbocycles. The first-order chi connectivity index (χ1) is 14.1. The molecule has 1 N–H and O–H groups in total. The van der Waals surface area contributed by atoms with Gasteiger partial charge in [0.15, 0.2) is 16.7 Å². The number of aromatic nitrogens is 1. The number of hydrogen-bond acceptors (Lipinski definition) is 7. The highest BCUT2D eigenvalue weighted by Crippen LogP contribution is 2.31. The summed E-state index contributed by atoms with van der Waals surface area (Å²) < 4.78 is 19.2. The van der Waals surface area contributed by atoms with Gasteiger partial charge in [0.25, 0.3) is 0 Å². The van der Waals surface area contributed by atoms with Crippen molar-refractivity contribution in [2.75, 3.05) is 23.9 Å². The number of amidine groups is 1. The van der Waals surface area contributed by atoms with E-state index in [4.69, 9.17) is 9.57 Å². The van der Waals surface area contributed by atoms with E-state index in [1.165, 1.54) is 28.9 Å². The van der Waals surface area contributed by atoms with Crippen LogP contribution in [-0.2, 0) is 9.57 Å². The Balaban J connectivity index is 1.53. The summed E-state index contributed by atoms with van der Waals surface area (Å²) in [4.78, 5) is 39.4. The van der Waals surface area contributed by atoms with Crippen molar-refractivity contribution < 1.29 is 23.6 Å². The molecule has 4 rings (SSSR count). The molecule has 1 aromatic heterocycles. The second kappa shape index (κ2) is 8.58. The molecule has 2 aliphatic rings. The van der Waals surface area contributed by atoms with Gasteiger partial charge in [0.05, 0.1) is 24.9 Å². The van der Waals surface area contributed by atoms with Crippen LogP contribution in [0.3, 0.4) is 0 Å². The van der Waals surface area contributed by atoms with Crippen LogP contribution in [0.25, 0.3) is 0 Å². The monoisotopic (exact) mass is 416 g/mol. The predicted octanol–water partition coefficient (Wildman–Crippen LogP) is 2.63. The summed E-state index contributed by atoms with van der Waals surface area (Å²) in [6, 6.07) is 11.2. The third-order valence-corrected chi connectivity index (χ3v) is 5.60. The van der Waals surface area contributed by atoms with Gasteiger partial charge in [0.1, 0.15) is 0 Å². The minimum atomic E-state index is -0.966. The Hall–Kier alpha value is -2.98. The number of anilines is 1. The molecule has 1 aromatic carbocycles. The standard InChI is InChI=1S/C19H17FN4O4S/c20-14-7-4-8-21-16(14)17(25)23-28-19(26)24(13-5-2-1-3-6-13)18-22-15-10-27-9-12(15)11-29-18/h1-8,12,15H,9-11H2,(H,23,25). The molecule has 0 radical (unpaired) electrons. The maximum atomic E-state index is 13.7. The van der Waals surface area contributed by atoms with Gasteiger partial charge in [0, 0.05) is 17.9 Å². The highest BCUT2D eigenvalue weighted by Gasteiger charge is 2.36. The minimum Gasteiger partial charge on any atom is -0.379 e.